The maximum absolute atomic E-state index is 12.0. The number of rotatable bonds is 4. The molecule has 0 aliphatic heterocycles. The quantitative estimate of drug-likeness (QED) is 0.649. The number of nitro benzene ring substituents is 1. The smallest absolute Gasteiger partial charge is 0.309 e. The molecule has 1 heterocycles. The monoisotopic (exact) mass is 369 g/mol. The van der Waals surface area contributed by atoms with Crippen LogP contribution < -0.4 is 0 Å². The van der Waals surface area contributed by atoms with Gasteiger partial charge in [-0.25, -0.2) is 0 Å². The summed E-state index contributed by atoms with van der Waals surface area (Å²) in [5, 5.41) is 33.8. The maximum Gasteiger partial charge on any atom is 0.309 e. The van der Waals surface area contributed by atoms with Gasteiger partial charge in [0.05, 0.1) is 15.9 Å². The van der Waals surface area contributed by atoms with Gasteiger partial charge in [0.1, 0.15) is 0 Å². The summed E-state index contributed by atoms with van der Waals surface area (Å²) in [6.45, 7) is 0. The van der Waals surface area contributed by atoms with Crippen molar-refractivity contribution in [3.05, 3.63) is 34.4 Å². The molecular formula is C18H19N5O4. The Morgan fingerprint density at radius 3 is 2.67 bits per heavy atom. The highest BCUT2D eigenvalue weighted by atomic mass is 16.6. The van der Waals surface area contributed by atoms with Crippen molar-refractivity contribution in [3.8, 4) is 11.4 Å². The number of hydrogen-bond donors (Lipinski definition) is 1. The lowest BCUT2D eigenvalue weighted by Gasteiger charge is -2.59. The number of carboxylic acid groups (broad SMARTS) is 1. The molecule has 4 saturated carbocycles. The zero-order valence-electron chi connectivity index (χ0n) is 14.6. The number of aliphatic carboxylic acids is 1. The van der Waals surface area contributed by atoms with Gasteiger partial charge in [0, 0.05) is 17.7 Å². The van der Waals surface area contributed by atoms with Crippen molar-refractivity contribution in [1.29, 1.82) is 0 Å². The van der Waals surface area contributed by atoms with E-state index in [0.29, 0.717) is 29.6 Å². The van der Waals surface area contributed by atoms with Crippen LogP contribution in [0.4, 0.5) is 5.69 Å². The first kappa shape index (κ1) is 16.3. The molecule has 1 N–H and O–H groups in total. The molecule has 4 aliphatic carbocycles. The zero-order chi connectivity index (χ0) is 18.8. The Morgan fingerprint density at radius 2 is 2.00 bits per heavy atom. The van der Waals surface area contributed by atoms with Gasteiger partial charge in [0.15, 0.2) is 0 Å². The van der Waals surface area contributed by atoms with Gasteiger partial charge in [-0.15, -0.1) is 10.2 Å². The second-order valence-electron chi connectivity index (χ2n) is 8.48. The first-order valence-corrected chi connectivity index (χ1v) is 9.18. The Balaban J connectivity index is 1.52. The molecule has 4 atom stereocenters. The Labute approximate surface area is 154 Å². The van der Waals surface area contributed by atoms with E-state index in [1.54, 1.807) is 16.9 Å². The van der Waals surface area contributed by atoms with E-state index in [2.05, 4.69) is 15.4 Å². The lowest BCUT2D eigenvalue weighted by atomic mass is 9.47. The summed E-state index contributed by atoms with van der Waals surface area (Å²) in [5.74, 6) is 0.392. The number of benzene rings is 1. The molecule has 0 saturated heterocycles. The highest BCUT2D eigenvalue weighted by molar-refractivity contribution is 5.75. The molecule has 1 aromatic carbocycles. The second-order valence-corrected chi connectivity index (χ2v) is 8.48. The van der Waals surface area contributed by atoms with Crippen LogP contribution >= 0.6 is 0 Å². The predicted octanol–water partition coefficient (Wildman–Crippen LogP) is 2.63. The van der Waals surface area contributed by atoms with E-state index in [4.69, 9.17) is 0 Å². The molecule has 140 valence electrons. The van der Waals surface area contributed by atoms with Crippen molar-refractivity contribution in [2.75, 3.05) is 0 Å². The van der Waals surface area contributed by atoms with E-state index in [-0.39, 0.29) is 5.69 Å². The summed E-state index contributed by atoms with van der Waals surface area (Å²) in [7, 11) is 0. The van der Waals surface area contributed by atoms with E-state index in [0.717, 1.165) is 32.1 Å². The molecule has 2 unspecified atom stereocenters. The fraction of sp³-hybridized carbons (Fsp3) is 0.556. The maximum atomic E-state index is 12.0. The van der Waals surface area contributed by atoms with Gasteiger partial charge in [-0.2, -0.15) is 4.80 Å². The molecule has 27 heavy (non-hydrogen) atoms. The first-order chi connectivity index (χ1) is 12.9. The molecule has 6 rings (SSSR count). The third kappa shape index (κ3) is 2.37. The number of tetrazole rings is 1. The summed E-state index contributed by atoms with van der Waals surface area (Å²) in [5.41, 5.74) is -0.575. The lowest BCUT2D eigenvalue weighted by molar-refractivity contribution is -0.384. The van der Waals surface area contributed by atoms with Crippen molar-refractivity contribution < 1.29 is 14.8 Å². The van der Waals surface area contributed by atoms with E-state index < -0.39 is 21.8 Å². The summed E-state index contributed by atoms with van der Waals surface area (Å²) in [4.78, 5) is 24.2. The topological polar surface area (TPSA) is 124 Å². The van der Waals surface area contributed by atoms with E-state index in [1.807, 2.05) is 0 Å². The number of carbonyl (C=O) groups is 1. The SMILES string of the molecule is O=C(O)C12C[C@H]3C[C@@H](C1)CC(n1nnc(-c4cccc([N+](=O)[O-])c4)n1)(C3)C2. The minimum Gasteiger partial charge on any atom is -0.481 e. The first-order valence-electron chi connectivity index (χ1n) is 9.18. The number of nitro groups is 1. The summed E-state index contributed by atoms with van der Waals surface area (Å²) >= 11 is 0. The Morgan fingerprint density at radius 1 is 1.26 bits per heavy atom. The highest BCUT2D eigenvalue weighted by Crippen LogP contribution is 2.64. The largest absolute Gasteiger partial charge is 0.481 e. The second kappa shape index (κ2) is 5.34. The summed E-state index contributed by atoms with van der Waals surface area (Å²) in [6, 6.07) is 6.16. The van der Waals surface area contributed by atoms with Gasteiger partial charge < -0.3 is 5.11 Å². The third-order valence-corrected chi connectivity index (χ3v) is 6.64. The highest BCUT2D eigenvalue weighted by Gasteiger charge is 2.62. The standard InChI is InChI=1S/C18H19N5O4/c24-16(25)17-6-11-4-12(7-17)9-18(8-11,10-17)23-20-15(19-21-23)13-2-1-3-14(5-13)22(26)27/h1-3,5,11-12H,4,6-10H2,(H,24,25)/t11-,12+,17?,18?. The van der Waals surface area contributed by atoms with Crippen LogP contribution in [0.15, 0.2) is 24.3 Å². The van der Waals surface area contributed by atoms with Crippen LogP contribution in [-0.4, -0.2) is 36.2 Å². The Hall–Kier alpha value is -2.84. The average molecular weight is 369 g/mol. The molecule has 4 fully saturated rings. The molecule has 9 nitrogen and oxygen atoms in total. The average Bonchev–Trinajstić information content (AvgIpc) is 3.12. The van der Waals surface area contributed by atoms with Crippen molar-refractivity contribution in [2.24, 2.45) is 17.3 Å². The molecule has 0 spiro atoms. The number of nitrogens with zero attached hydrogens (tertiary/aromatic N) is 5. The Kier molecular flexibility index (Phi) is 3.23. The van der Waals surface area contributed by atoms with Crippen LogP contribution in [0.5, 0.6) is 0 Å². The van der Waals surface area contributed by atoms with Crippen LogP contribution in [0.2, 0.25) is 0 Å². The van der Waals surface area contributed by atoms with Crippen LogP contribution in [0.25, 0.3) is 11.4 Å². The molecule has 0 amide bonds. The summed E-state index contributed by atoms with van der Waals surface area (Å²) < 4.78 is 0. The van der Waals surface area contributed by atoms with Crippen LogP contribution in [0, 0.1) is 27.4 Å². The fourth-order valence-corrected chi connectivity index (χ4v) is 5.99. The van der Waals surface area contributed by atoms with Crippen molar-refractivity contribution >= 4 is 11.7 Å². The molecule has 2 aromatic rings. The van der Waals surface area contributed by atoms with E-state index >= 15 is 0 Å². The normalized spacial score (nSPS) is 33.9. The van der Waals surface area contributed by atoms with Gasteiger partial charge in [0.2, 0.25) is 5.82 Å². The van der Waals surface area contributed by atoms with E-state index in [9.17, 15) is 20.0 Å². The van der Waals surface area contributed by atoms with Crippen LogP contribution in [-0.2, 0) is 10.3 Å². The molecule has 1 aromatic heterocycles. The van der Waals surface area contributed by atoms with Crippen molar-refractivity contribution in [3.63, 3.8) is 0 Å². The lowest BCUT2D eigenvalue weighted by Crippen LogP contribution is -2.59. The van der Waals surface area contributed by atoms with Gasteiger partial charge in [0.25, 0.3) is 5.69 Å². The molecule has 0 radical (unpaired) electrons. The fourth-order valence-electron chi connectivity index (χ4n) is 5.99. The number of non-ortho nitro benzene ring substituents is 1. The van der Waals surface area contributed by atoms with Gasteiger partial charge in [-0.3, -0.25) is 14.9 Å². The molecule has 4 aliphatic rings. The van der Waals surface area contributed by atoms with Crippen LogP contribution in [0.1, 0.15) is 38.5 Å². The van der Waals surface area contributed by atoms with Gasteiger partial charge in [-0.1, -0.05) is 12.1 Å². The molecule has 4 bridgehead atoms. The van der Waals surface area contributed by atoms with E-state index in [1.165, 1.54) is 12.1 Å². The minimum absolute atomic E-state index is 0.0246. The van der Waals surface area contributed by atoms with Crippen molar-refractivity contribution in [1.82, 2.24) is 20.2 Å². The minimum atomic E-state index is -0.708. The number of aromatic nitrogens is 4. The molecule has 9 heteroatoms. The number of carboxylic acids is 1. The predicted molar refractivity (Wildman–Crippen MR) is 92.6 cm³/mol. The van der Waals surface area contributed by atoms with Crippen LogP contribution in [0.3, 0.4) is 0 Å². The number of hydrogen-bond acceptors (Lipinski definition) is 6. The van der Waals surface area contributed by atoms with Crippen molar-refractivity contribution in [2.45, 2.75) is 44.1 Å². The third-order valence-electron chi connectivity index (χ3n) is 6.64. The van der Waals surface area contributed by atoms with Gasteiger partial charge >= 0.3 is 5.97 Å². The Bertz CT molecular complexity index is 941. The van der Waals surface area contributed by atoms with Gasteiger partial charge in [-0.05, 0) is 55.6 Å². The molecular weight excluding hydrogens is 350 g/mol. The zero-order valence-corrected chi connectivity index (χ0v) is 14.6. The summed E-state index contributed by atoms with van der Waals surface area (Å²) in [6.07, 6.45) is 4.86.